The van der Waals surface area contributed by atoms with Crippen LogP contribution in [0.15, 0.2) is 30.3 Å². The van der Waals surface area contributed by atoms with E-state index in [1.54, 1.807) is 30.3 Å². The van der Waals surface area contributed by atoms with Crippen molar-refractivity contribution in [3.8, 4) is 11.1 Å². The maximum absolute atomic E-state index is 13.1. The molecule has 1 amide bonds. The Labute approximate surface area is 147 Å². The summed E-state index contributed by atoms with van der Waals surface area (Å²) in [6.07, 6.45) is -6.30. The molecule has 0 fully saturated rings. The summed E-state index contributed by atoms with van der Waals surface area (Å²) in [5, 5.41) is 31.6. The van der Waals surface area contributed by atoms with E-state index in [4.69, 9.17) is 9.84 Å². The van der Waals surface area contributed by atoms with E-state index in [0.29, 0.717) is 5.56 Å². The largest absolute Gasteiger partial charge is 0.464 e. The summed E-state index contributed by atoms with van der Waals surface area (Å²) in [5.74, 6) is -1.52. The van der Waals surface area contributed by atoms with Gasteiger partial charge in [-0.2, -0.15) is 0 Å². The van der Waals surface area contributed by atoms with Crippen LogP contribution < -0.4 is 5.32 Å². The number of methoxy groups -OCH3 is 1. The number of hydrogen-bond donors (Lipinski definition) is 5. The molecule has 8 nitrogen and oxygen atoms in total. The summed E-state index contributed by atoms with van der Waals surface area (Å²) in [4.78, 5) is 27.1. The van der Waals surface area contributed by atoms with Crippen LogP contribution in [0, 0.1) is 0 Å². The minimum Gasteiger partial charge on any atom is -0.464 e. The predicted molar refractivity (Wildman–Crippen MR) is 86.9 cm³/mol. The number of carbonyl (C=O) groups is 2. The van der Waals surface area contributed by atoms with Crippen LogP contribution in [-0.4, -0.2) is 57.8 Å². The number of rotatable bonds is 4. The summed E-state index contributed by atoms with van der Waals surface area (Å²) in [6, 6.07) is 6.95. The lowest BCUT2D eigenvalue weighted by molar-refractivity contribution is -0.0981. The molecule has 5 N–H and O–H groups in total. The van der Waals surface area contributed by atoms with Crippen LogP contribution in [0.25, 0.3) is 11.1 Å². The number of fused-ring (bicyclic) bond motifs is 1. The molecule has 1 aliphatic rings. The van der Waals surface area contributed by atoms with Crippen molar-refractivity contribution in [3.63, 3.8) is 0 Å². The fraction of sp³-hybridized carbons (Fsp3) is 0.294. The topological polar surface area (TPSA) is 132 Å². The number of aromatic nitrogens is 1. The Balaban J connectivity index is 2.22. The summed E-state index contributed by atoms with van der Waals surface area (Å²) in [7, 11) is 1.17. The smallest absolute Gasteiger partial charge is 0.355 e. The monoisotopic (exact) mass is 364 g/mol. The number of halogens is 1. The SMILES string of the molecule is COC(=O)c1[nH]c2c(c1-c1ccccc1)C(O)C(C(O)C(O)F)NC2=O. The quantitative estimate of drug-likeness (QED) is 0.495. The zero-order valence-corrected chi connectivity index (χ0v) is 13.6. The van der Waals surface area contributed by atoms with E-state index in [9.17, 15) is 24.2 Å². The molecule has 2 heterocycles. The Bertz CT molecular complexity index is 835. The van der Waals surface area contributed by atoms with Crippen LogP contribution in [0.1, 0.15) is 32.6 Å². The number of aliphatic hydroxyl groups is 3. The van der Waals surface area contributed by atoms with Gasteiger partial charge < -0.3 is 30.4 Å². The van der Waals surface area contributed by atoms with Crippen LogP contribution in [0.3, 0.4) is 0 Å². The van der Waals surface area contributed by atoms with Crippen molar-refractivity contribution in [3.05, 3.63) is 47.3 Å². The molecular formula is C17H17FN2O6. The second-order valence-electron chi connectivity index (χ2n) is 5.83. The molecule has 1 aliphatic heterocycles. The van der Waals surface area contributed by atoms with Gasteiger partial charge in [0.05, 0.1) is 13.2 Å². The second-order valence-corrected chi connectivity index (χ2v) is 5.83. The molecule has 2 aromatic rings. The number of alkyl halides is 1. The summed E-state index contributed by atoms with van der Waals surface area (Å²) < 4.78 is 17.9. The Morgan fingerprint density at radius 1 is 1.27 bits per heavy atom. The normalized spacial score (nSPS) is 21.5. The number of aromatic amines is 1. The highest BCUT2D eigenvalue weighted by molar-refractivity contribution is 6.04. The zero-order chi connectivity index (χ0) is 19.0. The van der Waals surface area contributed by atoms with E-state index in [0.717, 1.165) is 0 Å². The minimum atomic E-state index is -2.67. The lowest BCUT2D eigenvalue weighted by atomic mass is 9.88. The molecule has 0 spiro atoms. The van der Waals surface area contributed by atoms with E-state index in [-0.39, 0.29) is 22.5 Å². The van der Waals surface area contributed by atoms with Gasteiger partial charge in [-0.25, -0.2) is 9.18 Å². The van der Waals surface area contributed by atoms with Gasteiger partial charge in [-0.15, -0.1) is 0 Å². The minimum absolute atomic E-state index is 0.0186. The van der Waals surface area contributed by atoms with Gasteiger partial charge in [0.1, 0.15) is 23.6 Å². The third-order valence-electron chi connectivity index (χ3n) is 4.30. The third-order valence-corrected chi connectivity index (χ3v) is 4.30. The summed E-state index contributed by atoms with van der Waals surface area (Å²) in [5.41, 5.74) is 0.570. The van der Waals surface area contributed by atoms with Crippen molar-refractivity contribution in [2.24, 2.45) is 0 Å². The van der Waals surface area contributed by atoms with Crippen molar-refractivity contribution in [2.75, 3.05) is 7.11 Å². The number of nitrogens with one attached hydrogen (secondary N) is 2. The van der Waals surface area contributed by atoms with Gasteiger partial charge in [0.15, 0.2) is 0 Å². The van der Waals surface area contributed by atoms with Crippen molar-refractivity contribution in [2.45, 2.75) is 24.6 Å². The molecule has 26 heavy (non-hydrogen) atoms. The Hall–Kier alpha value is -2.75. The molecule has 3 rings (SSSR count). The molecule has 138 valence electrons. The highest BCUT2D eigenvalue weighted by Gasteiger charge is 2.43. The van der Waals surface area contributed by atoms with Crippen molar-refractivity contribution in [1.29, 1.82) is 0 Å². The Kier molecular flexibility index (Phi) is 4.77. The second kappa shape index (κ2) is 6.87. The molecule has 0 radical (unpaired) electrons. The number of esters is 1. The van der Waals surface area contributed by atoms with Gasteiger partial charge in [-0.3, -0.25) is 4.79 Å². The molecule has 1 aromatic heterocycles. The molecule has 0 saturated heterocycles. The number of H-pyrrole nitrogens is 1. The van der Waals surface area contributed by atoms with Crippen molar-refractivity contribution >= 4 is 11.9 Å². The first-order chi connectivity index (χ1) is 12.4. The van der Waals surface area contributed by atoms with Gasteiger partial charge in [0.2, 0.25) is 6.36 Å². The number of benzene rings is 1. The first-order valence-corrected chi connectivity index (χ1v) is 7.75. The molecule has 9 heteroatoms. The number of carbonyl (C=O) groups excluding carboxylic acids is 2. The van der Waals surface area contributed by atoms with Gasteiger partial charge >= 0.3 is 5.97 Å². The molecule has 0 bridgehead atoms. The van der Waals surface area contributed by atoms with Crippen LogP contribution in [-0.2, 0) is 4.74 Å². The average molecular weight is 364 g/mol. The van der Waals surface area contributed by atoms with E-state index in [1.165, 1.54) is 7.11 Å². The van der Waals surface area contributed by atoms with E-state index in [1.807, 2.05) is 0 Å². The fourth-order valence-electron chi connectivity index (χ4n) is 3.07. The lowest BCUT2D eigenvalue weighted by Crippen LogP contribution is -2.53. The maximum Gasteiger partial charge on any atom is 0.355 e. The highest BCUT2D eigenvalue weighted by Crippen LogP contribution is 2.39. The molecule has 1 aromatic carbocycles. The Morgan fingerprint density at radius 3 is 2.50 bits per heavy atom. The third kappa shape index (κ3) is 2.85. The van der Waals surface area contributed by atoms with Gasteiger partial charge in [0.25, 0.3) is 5.91 Å². The lowest BCUT2D eigenvalue weighted by Gasteiger charge is -2.33. The molecule has 0 saturated carbocycles. The highest BCUT2D eigenvalue weighted by atomic mass is 19.1. The molecule has 4 atom stereocenters. The van der Waals surface area contributed by atoms with Crippen LogP contribution in [0.5, 0.6) is 0 Å². The molecule has 4 unspecified atom stereocenters. The fourth-order valence-corrected chi connectivity index (χ4v) is 3.07. The standard InChI is InChI=1S/C17H17FN2O6/c1-26-17(25)11-8(7-5-3-2-4-6-7)9-10(19-11)16(24)20-12(13(9)21)14(22)15(18)23/h2-6,12-15,19,21-23H,1H3,(H,20,24). The maximum atomic E-state index is 13.1. The van der Waals surface area contributed by atoms with Crippen molar-refractivity contribution in [1.82, 2.24) is 10.3 Å². The van der Waals surface area contributed by atoms with Crippen LogP contribution in [0.2, 0.25) is 0 Å². The van der Waals surface area contributed by atoms with E-state index >= 15 is 0 Å². The number of amides is 1. The number of aliphatic hydroxyl groups excluding tert-OH is 3. The Morgan fingerprint density at radius 2 is 1.92 bits per heavy atom. The van der Waals surface area contributed by atoms with Gasteiger partial charge in [-0.1, -0.05) is 30.3 Å². The molecular weight excluding hydrogens is 347 g/mol. The summed E-state index contributed by atoms with van der Waals surface area (Å²) in [6.45, 7) is 0. The number of hydrogen-bond acceptors (Lipinski definition) is 6. The first kappa shape index (κ1) is 18.1. The van der Waals surface area contributed by atoms with E-state index < -0.39 is 36.5 Å². The first-order valence-electron chi connectivity index (χ1n) is 7.75. The average Bonchev–Trinajstić information content (AvgIpc) is 3.05. The summed E-state index contributed by atoms with van der Waals surface area (Å²) >= 11 is 0. The van der Waals surface area contributed by atoms with E-state index in [2.05, 4.69) is 10.3 Å². The van der Waals surface area contributed by atoms with Crippen molar-refractivity contribution < 1.29 is 34.0 Å². The molecule has 0 aliphatic carbocycles. The van der Waals surface area contributed by atoms with Crippen LogP contribution >= 0.6 is 0 Å². The van der Waals surface area contributed by atoms with Gasteiger partial charge in [0, 0.05) is 11.1 Å². The van der Waals surface area contributed by atoms with Crippen LogP contribution in [0.4, 0.5) is 4.39 Å². The number of ether oxygens (including phenoxy) is 1. The zero-order valence-electron chi connectivity index (χ0n) is 13.6. The predicted octanol–water partition coefficient (Wildman–Crippen LogP) is 0.263. The van der Waals surface area contributed by atoms with Gasteiger partial charge in [-0.05, 0) is 5.56 Å².